The van der Waals surface area contributed by atoms with Crippen molar-refractivity contribution in [2.45, 2.75) is 19.4 Å². The van der Waals surface area contributed by atoms with Gasteiger partial charge in [-0.25, -0.2) is 0 Å². The second-order valence-corrected chi connectivity index (χ2v) is 6.18. The second kappa shape index (κ2) is 7.94. The molecule has 1 saturated heterocycles. The van der Waals surface area contributed by atoms with Crippen molar-refractivity contribution < 1.29 is 14.3 Å². The number of rotatable bonds is 4. The molecule has 0 saturated carbocycles. The molecule has 2 amide bonds. The van der Waals surface area contributed by atoms with Crippen molar-refractivity contribution in [2.24, 2.45) is 0 Å². The first-order valence-corrected chi connectivity index (χ1v) is 8.44. The maximum atomic E-state index is 13.0. The predicted molar refractivity (Wildman–Crippen MR) is 96.5 cm³/mol. The Kier molecular flexibility index (Phi) is 5.46. The standard InChI is InChI=1S/C20H22N2O3/c1-15(23)21-18-9-5-8-17(13-18)20(24)22-10-11-25-14-19(22)12-16-6-3-2-4-7-16/h2-9,13,19H,10-12,14H2,1H3,(H,21,23). The fraction of sp³-hybridized carbons (Fsp3) is 0.300. The molecule has 3 rings (SSSR count). The van der Waals surface area contributed by atoms with E-state index in [1.807, 2.05) is 23.1 Å². The number of morpholine rings is 1. The second-order valence-electron chi connectivity index (χ2n) is 6.18. The molecule has 5 nitrogen and oxygen atoms in total. The minimum atomic E-state index is -0.155. The van der Waals surface area contributed by atoms with E-state index in [1.165, 1.54) is 12.5 Å². The number of hydrogen-bond donors (Lipinski definition) is 1. The zero-order valence-corrected chi connectivity index (χ0v) is 14.3. The third kappa shape index (κ3) is 4.45. The third-order valence-corrected chi connectivity index (χ3v) is 4.23. The highest BCUT2D eigenvalue weighted by Crippen LogP contribution is 2.19. The number of hydrogen-bond acceptors (Lipinski definition) is 3. The van der Waals surface area contributed by atoms with E-state index in [9.17, 15) is 9.59 Å². The summed E-state index contributed by atoms with van der Waals surface area (Å²) in [5.41, 5.74) is 2.39. The van der Waals surface area contributed by atoms with Crippen molar-refractivity contribution in [3.63, 3.8) is 0 Å². The first-order valence-electron chi connectivity index (χ1n) is 8.44. The molecule has 1 N–H and O–H groups in total. The molecule has 0 aliphatic carbocycles. The van der Waals surface area contributed by atoms with Crippen molar-refractivity contribution in [3.05, 3.63) is 65.7 Å². The van der Waals surface area contributed by atoms with Gasteiger partial charge < -0.3 is 15.0 Å². The van der Waals surface area contributed by atoms with Gasteiger partial charge in [-0.1, -0.05) is 36.4 Å². The lowest BCUT2D eigenvalue weighted by molar-refractivity contribution is -0.114. The number of carbonyl (C=O) groups is 2. The average Bonchev–Trinajstić information content (AvgIpc) is 2.62. The summed E-state index contributed by atoms with van der Waals surface area (Å²) < 4.78 is 5.60. The third-order valence-electron chi connectivity index (χ3n) is 4.23. The lowest BCUT2D eigenvalue weighted by Crippen LogP contribution is -2.49. The summed E-state index contributed by atoms with van der Waals surface area (Å²) in [7, 11) is 0. The van der Waals surface area contributed by atoms with E-state index in [-0.39, 0.29) is 17.9 Å². The Morgan fingerprint density at radius 1 is 1.16 bits per heavy atom. The molecule has 1 heterocycles. The summed E-state index contributed by atoms with van der Waals surface area (Å²) in [5.74, 6) is -0.186. The Morgan fingerprint density at radius 3 is 2.72 bits per heavy atom. The van der Waals surface area contributed by atoms with Crippen LogP contribution in [-0.2, 0) is 16.0 Å². The van der Waals surface area contributed by atoms with Crippen LogP contribution >= 0.6 is 0 Å². The van der Waals surface area contributed by atoms with Crippen LogP contribution in [0.5, 0.6) is 0 Å². The molecule has 2 aromatic carbocycles. The predicted octanol–water partition coefficient (Wildman–Crippen LogP) is 2.73. The van der Waals surface area contributed by atoms with Gasteiger partial charge in [0, 0.05) is 24.7 Å². The number of ether oxygens (including phenoxy) is 1. The van der Waals surface area contributed by atoms with Crippen LogP contribution in [0.1, 0.15) is 22.8 Å². The van der Waals surface area contributed by atoms with Crippen molar-refractivity contribution in [1.82, 2.24) is 4.90 Å². The van der Waals surface area contributed by atoms with Crippen LogP contribution in [0.25, 0.3) is 0 Å². The summed E-state index contributed by atoms with van der Waals surface area (Å²) in [6, 6.07) is 17.2. The average molecular weight is 338 g/mol. The van der Waals surface area contributed by atoms with Gasteiger partial charge in [-0.3, -0.25) is 9.59 Å². The van der Waals surface area contributed by atoms with Crippen LogP contribution in [0.15, 0.2) is 54.6 Å². The zero-order valence-electron chi connectivity index (χ0n) is 14.3. The van der Waals surface area contributed by atoms with E-state index in [4.69, 9.17) is 4.74 Å². The summed E-state index contributed by atoms with van der Waals surface area (Å²) in [6.45, 7) is 3.10. The zero-order chi connectivity index (χ0) is 17.6. The topological polar surface area (TPSA) is 58.6 Å². The van der Waals surface area contributed by atoms with Crippen LogP contribution < -0.4 is 5.32 Å². The Morgan fingerprint density at radius 2 is 1.96 bits per heavy atom. The van der Waals surface area contributed by atoms with Crippen LogP contribution in [0.3, 0.4) is 0 Å². The molecular formula is C20H22N2O3. The number of benzene rings is 2. The molecule has 1 fully saturated rings. The summed E-state index contributed by atoms with van der Waals surface area (Å²) in [4.78, 5) is 26.1. The lowest BCUT2D eigenvalue weighted by Gasteiger charge is -2.36. The van der Waals surface area contributed by atoms with Crippen molar-refractivity contribution in [3.8, 4) is 0 Å². The van der Waals surface area contributed by atoms with Gasteiger partial charge in [0.05, 0.1) is 19.3 Å². The molecule has 5 heteroatoms. The first-order chi connectivity index (χ1) is 12.1. The summed E-state index contributed by atoms with van der Waals surface area (Å²) in [5, 5.41) is 2.72. The molecule has 25 heavy (non-hydrogen) atoms. The molecular weight excluding hydrogens is 316 g/mol. The van der Waals surface area contributed by atoms with Gasteiger partial charge in [-0.2, -0.15) is 0 Å². The molecule has 1 atom stereocenters. The molecule has 0 radical (unpaired) electrons. The molecule has 1 aliphatic heterocycles. The normalized spacial score (nSPS) is 17.2. The van der Waals surface area contributed by atoms with E-state index >= 15 is 0 Å². The summed E-state index contributed by atoms with van der Waals surface area (Å²) >= 11 is 0. The molecule has 1 unspecified atom stereocenters. The molecule has 0 spiro atoms. The van der Waals surface area contributed by atoms with Gasteiger partial charge in [-0.05, 0) is 30.2 Å². The molecule has 130 valence electrons. The van der Waals surface area contributed by atoms with E-state index in [2.05, 4.69) is 17.4 Å². The Labute approximate surface area is 147 Å². The van der Waals surface area contributed by atoms with E-state index in [0.29, 0.717) is 31.0 Å². The van der Waals surface area contributed by atoms with Crippen molar-refractivity contribution >= 4 is 17.5 Å². The lowest BCUT2D eigenvalue weighted by atomic mass is 10.0. The fourth-order valence-electron chi connectivity index (χ4n) is 3.08. The largest absolute Gasteiger partial charge is 0.377 e. The van der Waals surface area contributed by atoms with Gasteiger partial charge in [0.2, 0.25) is 5.91 Å². The number of nitrogens with one attached hydrogen (secondary N) is 1. The van der Waals surface area contributed by atoms with Crippen LogP contribution in [0.4, 0.5) is 5.69 Å². The van der Waals surface area contributed by atoms with Crippen LogP contribution in [-0.4, -0.2) is 42.5 Å². The van der Waals surface area contributed by atoms with E-state index in [1.54, 1.807) is 24.3 Å². The van der Waals surface area contributed by atoms with Gasteiger partial charge in [0.15, 0.2) is 0 Å². The van der Waals surface area contributed by atoms with Gasteiger partial charge in [0.1, 0.15) is 0 Å². The highest BCUT2D eigenvalue weighted by Gasteiger charge is 2.28. The van der Waals surface area contributed by atoms with Crippen molar-refractivity contribution in [1.29, 1.82) is 0 Å². The monoisotopic (exact) mass is 338 g/mol. The van der Waals surface area contributed by atoms with Gasteiger partial charge in [0.25, 0.3) is 5.91 Å². The number of amides is 2. The smallest absolute Gasteiger partial charge is 0.254 e. The Hall–Kier alpha value is -2.66. The maximum absolute atomic E-state index is 13.0. The molecule has 0 aromatic heterocycles. The minimum Gasteiger partial charge on any atom is -0.377 e. The number of carbonyl (C=O) groups excluding carboxylic acids is 2. The first kappa shape index (κ1) is 17.2. The van der Waals surface area contributed by atoms with Gasteiger partial charge in [-0.15, -0.1) is 0 Å². The van der Waals surface area contributed by atoms with Gasteiger partial charge >= 0.3 is 0 Å². The Balaban J connectivity index is 1.77. The minimum absolute atomic E-state index is 0.00747. The number of anilines is 1. The quantitative estimate of drug-likeness (QED) is 0.932. The van der Waals surface area contributed by atoms with E-state index in [0.717, 1.165) is 6.42 Å². The molecule has 1 aliphatic rings. The highest BCUT2D eigenvalue weighted by atomic mass is 16.5. The molecule has 0 bridgehead atoms. The number of nitrogens with zero attached hydrogens (tertiary/aromatic N) is 1. The molecule has 2 aromatic rings. The van der Waals surface area contributed by atoms with Crippen LogP contribution in [0, 0.1) is 0 Å². The summed E-state index contributed by atoms with van der Waals surface area (Å²) in [6.07, 6.45) is 0.762. The van der Waals surface area contributed by atoms with Crippen LogP contribution in [0.2, 0.25) is 0 Å². The fourth-order valence-corrected chi connectivity index (χ4v) is 3.08. The maximum Gasteiger partial charge on any atom is 0.254 e. The van der Waals surface area contributed by atoms with Crippen molar-refractivity contribution in [2.75, 3.05) is 25.1 Å². The SMILES string of the molecule is CC(=O)Nc1cccc(C(=O)N2CCOCC2Cc2ccccc2)c1. The van der Waals surface area contributed by atoms with E-state index < -0.39 is 0 Å². The Bertz CT molecular complexity index is 746. The highest BCUT2D eigenvalue weighted by molar-refractivity contribution is 5.97.